The van der Waals surface area contributed by atoms with Gasteiger partial charge in [-0.15, -0.1) is 0 Å². The molecule has 0 amide bonds. The summed E-state index contributed by atoms with van der Waals surface area (Å²) in [5, 5.41) is 11.7. The Kier molecular flexibility index (Phi) is 7.21. The van der Waals surface area contributed by atoms with Crippen LogP contribution in [0.3, 0.4) is 0 Å². The molecule has 6 nitrogen and oxygen atoms in total. The quantitative estimate of drug-likeness (QED) is 0.503. The molecule has 4 rings (SSSR count). The molecule has 1 aromatic heterocycles. The minimum Gasteiger partial charge on any atom is -0.454 e. The van der Waals surface area contributed by atoms with Gasteiger partial charge in [-0.3, -0.25) is 9.97 Å². The van der Waals surface area contributed by atoms with E-state index in [4.69, 9.17) is 4.74 Å². The lowest BCUT2D eigenvalue weighted by molar-refractivity contribution is -0.917. The molecule has 1 aliphatic carbocycles. The zero-order valence-electron chi connectivity index (χ0n) is 19.2. The van der Waals surface area contributed by atoms with E-state index >= 15 is 0 Å². The average molecular weight is 439 g/mol. The van der Waals surface area contributed by atoms with Crippen molar-refractivity contribution in [2.45, 2.75) is 63.1 Å². The molecule has 3 atom stereocenters. The number of likely N-dealkylation sites (N-methyl/N-ethyl adjacent to an activating group) is 1. The van der Waals surface area contributed by atoms with Crippen molar-refractivity contribution in [1.29, 1.82) is 0 Å². The van der Waals surface area contributed by atoms with Crippen LogP contribution in [0.15, 0.2) is 48.9 Å². The Labute approximate surface area is 191 Å². The fourth-order valence-corrected chi connectivity index (χ4v) is 5.57. The van der Waals surface area contributed by atoms with Gasteiger partial charge in [-0.05, 0) is 31.2 Å². The summed E-state index contributed by atoms with van der Waals surface area (Å²) in [6.07, 6.45) is 12.7. The fraction of sp³-hybridized carbons (Fsp3) is 0.577. The highest BCUT2D eigenvalue weighted by Gasteiger charge is 2.49. The SMILES string of the molecule is C[N@@+]1(CCCc2cnccn2)CCCC(OC(=O)C(O)(c2ccccc2)C2CCCC2)C1. The van der Waals surface area contributed by atoms with Crippen molar-refractivity contribution in [2.75, 3.05) is 26.7 Å². The number of aryl methyl sites for hydroxylation is 1. The molecule has 1 aromatic carbocycles. The number of likely N-dealkylation sites (tertiary alicyclic amines) is 1. The fourth-order valence-electron chi connectivity index (χ4n) is 5.57. The zero-order valence-corrected chi connectivity index (χ0v) is 19.2. The molecule has 0 radical (unpaired) electrons. The summed E-state index contributed by atoms with van der Waals surface area (Å²) in [6, 6.07) is 9.39. The van der Waals surface area contributed by atoms with Crippen LogP contribution in [-0.4, -0.2) is 58.3 Å². The molecule has 0 spiro atoms. The Bertz CT molecular complexity index is 872. The third-order valence-electron chi connectivity index (χ3n) is 7.36. The number of ether oxygens (including phenoxy) is 1. The first-order chi connectivity index (χ1) is 15.5. The molecule has 2 heterocycles. The molecule has 1 N–H and O–H groups in total. The number of nitrogens with zero attached hydrogens (tertiary/aromatic N) is 3. The van der Waals surface area contributed by atoms with Gasteiger partial charge in [0.15, 0.2) is 11.7 Å². The number of esters is 1. The van der Waals surface area contributed by atoms with Crippen LogP contribution in [0.2, 0.25) is 0 Å². The Morgan fingerprint density at radius 2 is 1.94 bits per heavy atom. The Hall–Kier alpha value is -2.31. The molecule has 2 fully saturated rings. The van der Waals surface area contributed by atoms with E-state index in [1.807, 2.05) is 36.5 Å². The zero-order chi connectivity index (χ0) is 22.4. The monoisotopic (exact) mass is 438 g/mol. The number of carbonyl (C=O) groups excluding carboxylic acids is 1. The number of piperidine rings is 1. The van der Waals surface area contributed by atoms with Crippen LogP contribution in [0, 0.1) is 5.92 Å². The maximum Gasteiger partial charge on any atom is 0.343 e. The van der Waals surface area contributed by atoms with Crippen molar-refractivity contribution in [3.63, 3.8) is 0 Å². The predicted octanol–water partition coefficient (Wildman–Crippen LogP) is 3.64. The summed E-state index contributed by atoms with van der Waals surface area (Å²) in [4.78, 5) is 21.9. The molecule has 172 valence electrons. The smallest absolute Gasteiger partial charge is 0.343 e. The maximum absolute atomic E-state index is 13.4. The molecule has 1 aliphatic heterocycles. The summed E-state index contributed by atoms with van der Waals surface area (Å²) < 4.78 is 6.94. The van der Waals surface area contributed by atoms with E-state index < -0.39 is 11.6 Å². The van der Waals surface area contributed by atoms with Gasteiger partial charge in [0.25, 0.3) is 0 Å². The molecular formula is C26H36N3O3+. The summed E-state index contributed by atoms with van der Waals surface area (Å²) in [5.41, 5.74) is 0.127. The van der Waals surface area contributed by atoms with Gasteiger partial charge in [0.1, 0.15) is 6.54 Å². The van der Waals surface area contributed by atoms with Crippen LogP contribution in [0.1, 0.15) is 56.2 Å². The second-order valence-electron chi connectivity index (χ2n) is 9.83. The normalized spacial score (nSPS) is 25.9. The molecule has 0 bridgehead atoms. The number of hydrogen-bond donors (Lipinski definition) is 1. The third kappa shape index (κ3) is 5.18. The van der Waals surface area contributed by atoms with Crippen molar-refractivity contribution in [3.05, 3.63) is 60.2 Å². The van der Waals surface area contributed by atoms with Gasteiger partial charge in [0.2, 0.25) is 0 Å². The Balaban J connectivity index is 1.40. The summed E-state index contributed by atoms with van der Waals surface area (Å²) >= 11 is 0. The lowest BCUT2D eigenvalue weighted by atomic mass is 9.80. The number of hydrogen-bond acceptors (Lipinski definition) is 5. The van der Waals surface area contributed by atoms with E-state index in [0.29, 0.717) is 5.56 Å². The van der Waals surface area contributed by atoms with Gasteiger partial charge >= 0.3 is 5.97 Å². The van der Waals surface area contributed by atoms with Crippen LogP contribution in [-0.2, 0) is 21.6 Å². The van der Waals surface area contributed by atoms with Gasteiger partial charge in [-0.25, -0.2) is 4.79 Å². The van der Waals surface area contributed by atoms with Gasteiger partial charge in [0.05, 0.1) is 25.8 Å². The minimum absolute atomic E-state index is 0.0751. The first kappa shape index (κ1) is 22.9. The van der Waals surface area contributed by atoms with Crippen LogP contribution in [0.25, 0.3) is 0 Å². The third-order valence-corrected chi connectivity index (χ3v) is 7.36. The van der Waals surface area contributed by atoms with Crippen LogP contribution in [0.5, 0.6) is 0 Å². The number of aliphatic hydroxyl groups is 1. The van der Waals surface area contributed by atoms with Crippen molar-refractivity contribution >= 4 is 5.97 Å². The molecule has 2 aliphatic rings. The number of rotatable bonds is 8. The second-order valence-corrected chi connectivity index (χ2v) is 9.83. The summed E-state index contributed by atoms with van der Waals surface area (Å²) in [5.74, 6) is -0.539. The highest BCUT2D eigenvalue weighted by Crippen LogP contribution is 2.42. The van der Waals surface area contributed by atoms with Gasteiger partial charge in [-0.1, -0.05) is 43.2 Å². The lowest BCUT2D eigenvalue weighted by Crippen LogP contribution is -2.55. The largest absolute Gasteiger partial charge is 0.454 e. The van der Waals surface area contributed by atoms with Gasteiger partial charge in [0, 0.05) is 37.4 Å². The van der Waals surface area contributed by atoms with Crippen LogP contribution < -0.4 is 0 Å². The summed E-state index contributed by atoms with van der Waals surface area (Å²) in [6.45, 7) is 2.89. The number of carbonyl (C=O) groups is 1. The molecule has 2 unspecified atom stereocenters. The maximum atomic E-state index is 13.4. The molecule has 32 heavy (non-hydrogen) atoms. The highest BCUT2D eigenvalue weighted by atomic mass is 16.6. The first-order valence-corrected chi connectivity index (χ1v) is 12.1. The van der Waals surface area contributed by atoms with E-state index in [0.717, 1.165) is 81.2 Å². The van der Waals surface area contributed by atoms with Crippen molar-refractivity contribution < 1.29 is 19.1 Å². The van der Waals surface area contributed by atoms with E-state index in [-0.39, 0.29) is 12.0 Å². The van der Waals surface area contributed by atoms with E-state index in [1.165, 1.54) is 0 Å². The topological polar surface area (TPSA) is 72.3 Å². The molecular weight excluding hydrogens is 402 g/mol. The van der Waals surface area contributed by atoms with Crippen molar-refractivity contribution in [2.24, 2.45) is 5.92 Å². The Morgan fingerprint density at radius 1 is 1.16 bits per heavy atom. The standard InChI is InChI=1S/C26H36N3O3/c1-29(17-7-13-23-19-27-15-16-28-23)18-8-14-24(20-29)32-25(30)26(31,22-11-5-6-12-22)21-9-3-2-4-10-21/h2-4,9-10,15-16,19,22,24,31H,5-8,11-14,17-18,20H2,1H3/q+1/t24?,26?,29-/m1/s1. The van der Waals surface area contributed by atoms with E-state index in [1.54, 1.807) is 12.4 Å². The lowest BCUT2D eigenvalue weighted by Gasteiger charge is -2.42. The molecule has 2 aromatic rings. The molecule has 6 heteroatoms. The molecule has 1 saturated carbocycles. The average Bonchev–Trinajstić information content (AvgIpc) is 3.35. The van der Waals surface area contributed by atoms with Gasteiger partial charge in [-0.2, -0.15) is 0 Å². The van der Waals surface area contributed by atoms with Crippen molar-refractivity contribution in [3.8, 4) is 0 Å². The highest BCUT2D eigenvalue weighted by molar-refractivity contribution is 5.81. The summed E-state index contributed by atoms with van der Waals surface area (Å²) in [7, 11) is 2.25. The minimum atomic E-state index is -1.55. The van der Waals surface area contributed by atoms with E-state index in [2.05, 4.69) is 17.0 Å². The second kappa shape index (κ2) is 10.1. The Morgan fingerprint density at radius 3 is 2.66 bits per heavy atom. The number of aromatic nitrogens is 2. The van der Waals surface area contributed by atoms with Crippen LogP contribution in [0.4, 0.5) is 0 Å². The number of quaternary nitrogens is 1. The van der Waals surface area contributed by atoms with E-state index in [9.17, 15) is 9.90 Å². The van der Waals surface area contributed by atoms with Crippen molar-refractivity contribution in [1.82, 2.24) is 9.97 Å². The number of benzene rings is 1. The van der Waals surface area contributed by atoms with Crippen LogP contribution >= 0.6 is 0 Å². The molecule has 1 saturated heterocycles. The predicted molar refractivity (Wildman–Crippen MR) is 123 cm³/mol. The first-order valence-electron chi connectivity index (χ1n) is 12.1. The van der Waals surface area contributed by atoms with Gasteiger partial charge < -0.3 is 14.3 Å².